The number of carbonyl (C=O) groups excluding carboxylic acids is 1. The lowest BCUT2D eigenvalue weighted by Crippen LogP contribution is -2.04. The van der Waals surface area contributed by atoms with Crippen molar-refractivity contribution in [2.45, 2.75) is 39.6 Å². The molecule has 5 heteroatoms. The van der Waals surface area contributed by atoms with Crippen LogP contribution in [0.4, 0.5) is 0 Å². The Balaban J connectivity index is 1.62. The molecular formula is C34H34O5. The van der Waals surface area contributed by atoms with Gasteiger partial charge in [-0.05, 0) is 47.7 Å². The first-order valence-corrected chi connectivity index (χ1v) is 13.2. The summed E-state index contributed by atoms with van der Waals surface area (Å²) in [5.41, 5.74) is 4.03. The van der Waals surface area contributed by atoms with E-state index in [0.717, 1.165) is 22.3 Å². The van der Waals surface area contributed by atoms with Crippen LogP contribution in [0.25, 0.3) is 6.08 Å². The van der Waals surface area contributed by atoms with Gasteiger partial charge in [0.05, 0.1) is 6.61 Å². The van der Waals surface area contributed by atoms with Crippen LogP contribution < -0.4 is 14.2 Å². The summed E-state index contributed by atoms with van der Waals surface area (Å²) in [6.07, 6.45) is 4.83. The quantitative estimate of drug-likeness (QED) is 0.158. The van der Waals surface area contributed by atoms with Crippen LogP contribution in [-0.4, -0.2) is 12.6 Å². The third kappa shape index (κ3) is 9.08. The van der Waals surface area contributed by atoms with E-state index >= 15 is 0 Å². The van der Waals surface area contributed by atoms with Gasteiger partial charge in [-0.1, -0.05) is 103 Å². The van der Waals surface area contributed by atoms with E-state index in [2.05, 4.69) is 0 Å². The minimum atomic E-state index is -0.203. The second-order valence-electron chi connectivity index (χ2n) is 8.92. The monoisotopic (exact) mass is 522 g/mol. The summed E-state index contributed by atoms with van der Waals surface area (Å²) in [6.45, 7) is 3.34. The zero-order valence-electron chi connectivity index (χ0n) is 22.3. The summed E-state index contributed by atoms with van der Waals surface area (Å²) >= 11 is 0. The van der Waals surface area contributed by atoms with E-state index in [1.165, 1.54) is 0 Å². The van der Waals surface area contributed by atoms with Crippen molar-refractivity contribution in [1.82, 2.24) is 0 Å². The van der Waals surface area contributed by atoms with Crippen LogP contribution >= 0.6 is 0 Å². The summed E-state index contributed by atoms with van der Waals surface area (Å²) in [5, 5.41) is 0. The van der Waals surface area contributed by atoms with Gasteiger partial charge in [-0.25, -0.2) is 0 Å². The zero-order valence-corrected chi connectivity index (χ0v) is 22.3. The Morgan fingerprint density at radius 2 is 1.13 bits per heavy atom. The van der Waals surface area contributed by atoms with Crippen molar-refractivity contribution >= 4 is 12.0 Å². The standard InChI is InChI=1S/C34H34O5/c1-2-36-33(35)21-13-12-20-30-22-31(37-24-27-14-6-3-7-15-27)34(39-26-29-18-10-5-11-19-29)32(23-30)38-25-28-16-8-4-9-17-28/h3-12,14-20,22-23H,2,13,21,24-26H2,1H3/b20-12-. The molecule has 4 aromatic rings. The smallest absolute Gasteiger partial charge is 0.306 e. The molecule has 0 aliphatic rings. The molecule has 0 heterocycles. The molecule has 0 bridgehead atoms. The molecule has 5 nitrogen and oxygen atoms in total. The lowest BCUT2D eigenvalue weighted by Gasteiger charge is -2.18. The maximum Gasteiger partial charge on any atom is 0.306 e. The number of hydrogen-bond acceptors (Lipinski definition) is 5. The second-order valence-corrected chi connectivity index (χ2v) is 8.92. The molecule has 0 aliphatic carbocycles. The summed E-state index contributed by atoms with van der Waals surface area (Å²) in [6, 6.07) is 33.9. The molecular weight excluding hydrogens is 488 g/mol. The fourth-order valence-electron chi connectivity index (χ4n) is 3.90. The highest BCUT2D eigenvalue weighted by molar-refractivity contribution is 5.70. The number of allylic oxidation sites excluding steroid dienone is 1. The van der Waals surface area contributed by atoms with Gasteiger partial charge in [0.1, 0.15) is 19.8 Å². The SMILES string of the molecule is CCOC(=O)CC/C=C\c1cc(OCc2ccccc2)c(OCc2ccccc2)c(OCc2ccccc2)c1. The van der Waals surface area contributed by atoms with Gasteiger partial charge in [-0.15, -0.1) is 0 Å². The Hall–Kier alpha value is -4.51. The molecule has 0 saturated carbocycles. The number of rotatable bonds is 14. The van der Waals surface area contributed by atoms with Crippen molar-refractivity contribution in [3.8, 4) is 17.2 Å². The van der Waals surface area contributed by atoms with Crippen LogP contribution in [0.15, 0.2) is 109 Å². The highest BCUT2D eigenvalue weighted by atomic mass is 16.5. The third-order valence-electron chi connectivity index (χ3n) is 5.87. The largest absolute Gasteiger partial charge is 0.485 e. The van der Waals surface area contributed by atoms with Gasteiger partial charge < -0.3 is 18.9 Å². The molecule has 0 saturated heterocycles. The summed E-state index contributed by atoms with van der Waals surface area (Å²) in [4.78, 5) is 11.7. The molecule has 0 aromatic heterocycles. The molecule has 0 spiro atoms. The van der Waals surface area contributed by atoms with E-state index in [4.69, 9.17) is 18.9 Å². The van der Waals surface area contributed by atoms with E-state index < -0.39 is 0 Å². The van der Waals surface area contributed by atoms with Gasteiger partial charge in [0.2, 0.25) is 5.75 Å². The second kappa shape index (κ2) is 15.0. The fraction of sp³-hybridized carbons (Fsp3) is 0.206. The van der Waals surface area contributed by atoms with Gasteiger partial charge in [0.15, 0.2) is 11.5 Å². The molecule has 200 valence electrons. The maximum absolute atomic E-state index is 11.7. The molecule has 4 aromatic carbocycles. The van der Waals surface area contributed by atoms with E-state index in [-0.39, 0.29) is 5.97 Å². The van der Waals surface area contributed by atoms with Gasteiger partial charge in [0, 0.05) is 6.42 Å². The highest BCUT2D eigenvalue weighted by Crippen LogP contribution is 2.41. The highest BCUT2D eigenvalue weighted by Gasteiger charge is 2.16. The van der Waals surface area contributed by atoms with Crippen molar-refractivity contribution in [2.24, 2.45) is 0 Å². The van der Waals surface area contributed by atoms with E-state index in [9.17, 15) is 4.79 Å². The molecule has 0 unspecified atom stereocenters. The lowest BCUT2D eigenvalue weighted by molar-refractivity contribution is -0.142. The Morgan fingerprint density at radius 1 is 0.667 bits per heavy atom. The van der Waals surface area contributed by atoms with Crippen LogP contribution in [-0.2, 0) is 29.4 Å². The predicted molar refractivity (Wildman–Crippen MR) is 154 cm³/mol. The van der Waals surface area contributed by atoms with Crippen molar-refractivity contribution in [1.29, 1.82) is 0 Å². The van der Waals surface area contributed by atoms with Crippen LogP contribution in [0, 0.1) is 0 Å². The lowest BCUT2D eigenvalue weighted by atomic mass is 10.1. The predicted octanol–water partition coefficient (Wildman–Crippen LogP) is 7.78. The van der Waals surface area contributed by atoms with Crippen LogP contribution in [0.1, 0.15) is 42.0 Å². The van der Waals surface area contributed by atoms with Crippen molar-refractivity contribution in [3.63, 3.8) is 0 Å². The van der Waals surface area contributed by atoms with Crippen LogP contribution in [0.5, 0.6) is 17.2 Å². The van der Waals surface area contributed by atoms with Gasteiger partial charge >= 0.3 is 5.97 Å². The Morgan fingerprint density at radius 3 is 1.59 bits per heavy atom. The number of ether oxygens (including phenoxy) is 4. The van der Waals surface area contributed by atoms with E-state index in [0.29, 0.717) is 56.5 Å². The Labute approximate surface area is 230 Å². The fourth-order valence-corrected chi connectivity index (χ4v) is 3.90. The minimum Gasteiger partial charge on any atom is -0.485 e. The first-order valence-electron chi connectivity index (χ1n) is 13.2. The van der Waals surface area contributed by atoms with Crippen LogP contribution in [0.2, 0.25) is 0 Å². The zero-order chi connectivity index (χ0) is 27.1. The van der Waals surface area contributed by atoms with Crippen LogP contribution in [0.3, 0.4) is 0 Å². The summed E-state index contributed by atoms with van der Waals surface area (Å²) in [7, 11) is 0. The summed E-state index contributed by atoms with van der Waals surface area (Å²) < 4.78 is 24.0. The molecule has 0 fully saturated rings. The first-order chi connectivity index (χ1) is 19.2. The number of hydrogen-bond donors (Lipinski definition) is 0. The topological polar surface area (TPSA) is 54.0 Å². The molecule has 0 atom stereocenters. The van der Waals surface area contributed by atoms with Crippen molar-refractivity contribution < 1.29 is 23.7 Å². The average Bonchev–Trinajstić information content (AvgIpc) is 2.98. The molecule has 4 rings (SSSR count). The number of esters is 1. The minimum absolute atomic E-state index is 0.203. The normalized spacial score (nSPS) is 10.8. The molecule has 0 N–H and O–H groups in total. The first kappa shape index (κ1) is 27.5. The molecule has 0 amide bonds. The summed E-state index contributed by atoms with van der Waals surface area (Å²) in [5.74, 6) is 1.52. The molecule has 39 heavy (non-hydrogen) atoms. The van der Waals surface area contributed by atoms with E-state index in [1.54, 1.807) is 0 Å². The Kier molecular flexibility index (Phi) is 10.6. The van der Waals surface area contributed by atoms with E-state index in [1.807, 2.05) is 122 Å². The van der Waals surface area contributed by atoms with Gasteiger partial charge in [-0.3, -0.25) is 4.79 Å². The Bertz CT molecular complexity index is 1250. The van der Waals surface area contributed by atoms with Gasteiger partial charge in [-0.2, -0.15) is 0 Å². The average molecular weight is 523 g/mol. The molecule has 0 radical (unpaired) electrons. The van der Waals surface area contributed by atoms with Gasteiger partial charge in [0.25, 0.3) is 0 Å². The van der Waals surface area contributed by atoms with Crippen molar-refractivity contribution in [2.75, 3.05) is 6.61 Å². The number of carbonyl (C=O) groups is 1. The van der Waals surface area contributed by atoms with Crippen molar-refractivity contribution in [3.05, 3.63) is 131 Å². The number of benzene rings is 4. The maximum atomic E-state index is 11.7. The third-order valence-corrected chi connectivity index (χ3v) is 5.87. The molecule has 0 aliphatic heterocycles.